The average molecular weight is 369 g/mol. The first-order valence-corrected chi connectivity index (χ1v) is 8.64. The molecule has 3 rings (SSSR count). The van der Waals surface area contributed by atoms with Crippen LogP contribution in [0.4, 0.5) is 14.9 Å². The van der Waals surface area contributed by atoms with E-state index in [0.717, 1.165) is 11.6 Å². The van der Waals surface area contributed by atoms with Crippen molar-refractivity contribution in [2.24, 2.45) is 5.92 Å². The first kappa shape index (κ1) is 18.5. The van der Waals surface area contributed by atoms with Gasteiger partial charge in [-0.1, -0.05) is 19.9 Å². The molecule has 1 aliphatic rings. The smallest absolute Gasteiger partial charge is 0.319 e. The molecule has 0 radical (unpaired) electrons. The van der Waals surface area contributed by atoms with Crippen LogP contribution >= 0.6 is 0 Å². The molecular weight excluding hydrogens is 349 g/mol. The van der Waals surface area contributed by atoms with Gasteiger partial charge in [0.25, 0.3) is 0 Å². The minimum Gasteiger partial charge on any atom is -0.486 e. The molecule has 0 bridgehead atoms. The summed E-state index contributed by atoms with van der Waals surface area (Å²) in [4.78, 5) is 12.5. The van der Waals surface area contributed by atoms with Gasteiger partial charge in [-0.2, -0.15) is 5.26 Å². The Balaban J connectivity index is 1.77. The molecule has 0 aromatic heterocycles. The number of nitrogens with one attached hydrogen (secondary N) is 2. The Morgan fingerprint density at radius 3 is 2.59 bits per heavy atom. The van der Waals surface area contributed by atoms with Crippen LogP contribution in [0.1, 0.15) is 31.0 Å². The third kappa shape index (κ3) is 4.29. The molecule has 2 aromatic carbocycles. The number of halogens is 1. The van der Waals surface area contributed by atoms with E-state index in [2.05, 4.69) is 10.6 Å². The molecule has 1 unspecified atom stereocenters. The zero-order valence-corrected chi connectivity index (χ0v) is 15.1. The number of nitrogens with zero attached hydrogens (tertiary/aromatic N) is 1. The molecule has 0 fully saturated rings. The number of carbonyl (C=O) groups is 1. The second-order valence-electron chi connectivity index (χ2n) is 6.52. The van der Waals surface area contributed by atoms with E-state index in [0.29, 0.717) is 24.7 Å². The number of nitriles is 1. The summed E-state index contributed by atoms with van der Waals surface area (Å²) in [6.45, 7) is 4.97. The van der Waals surface area contributed by atoms with Gasteiger partial charge in [-0.15, -0.1) is 0 Å². The van der Waals surface area contributed by atoms with E-state index in [-0.39, 0.29) is 23.2 Å². The van der Waals surface area contributed by atoms with Crippen LogP contribution in [0.2, 0.25) is 0 Å². The first-order valence-electron chi connectivity index (χ1n) is 8.64. The number of fused-ring (bicyclic) bond motifs is 1. The van der Waals surface area contributed by atoms with E-state index in [1.165, 1.54) is 12.1 Å². The lowest BCUT2D eigenvalue weighted by Gasteiger charge is -2.25. The number of amides is 2. The quantitative estimate of drug-likeness (QED) is 0.854. The van der Waals surface area contributed by atoms with Gasteiger partial charge in [-0.25, -0.2) is 9.18 Å². The van der Waals surface area contributed by atoms with Crippen LogP contribution in [-0.2, 0) is 0 Å². The molecule has 2 N–H and O–H groups in total. The van der Waals surface area contributed by atoms with Crippen molar-refractivity contribution in [2.75, 3.05) is 18.5 Å². The van der Waals surface area contributed by atoms with Crippen molar-refractivity contribution in [1.29, 1.82) is 5.26 Å². The van der Waals surface area contributed by atoms with Crippen molar-refractivity contribution in [3.8, 4) is 17.6 Å². The molecule has 140 valence electrons. The fourth-order valence-electron chi connectivity index (χ4n) is 2.91. The molecule has 0 spiro atoms. The van der Waals surface area contributed by atoms with Crippen LogP contribution in [0.25, 0.3) is 0 Å². The summed E-state index contributed by atoms with van der Waals surface area (Å²) in [5, 5.41) is 14.6. The largest absolute Gasteiger partial charge is 0.486 e. The molecular formula is C20H20FN3O3. The van der Waals surface area contributed by atoms with Gasteiger partial charge < -0.3 is 20.1 Å². The fourth-order valence-corrected chi connectivity index (χ4v) is 2.91. The van der Waals surface area contributed by atoms with E-state index in [1.807, 2.05) is 38.1 Å². The topological polar surface area (TPSA) is 83.4 Å². The van der Waals surface area contributed by atoms with Gasteiger partial charge in [0.1, 0.15) is 25.1 Å². The minimum atomic E-state index is -0.533. The highest BCUT2D eigenvalue weighted by molar-refractivity contribution is 5.91. The third-order valence-corrected chi connectivity index (χ3v) is 4.23. The predicted molar refractivity (Wildman–Crippen MR) is 98.3 cm³/mol. The van der Waals surface area contributed by atoms with Crippen molar-refractivity contribution in [2.45, 2.75) is 19.9 Å². The summed E-state index contributed by atoms with van der Waals surface area (Å²) >= 11 is 0. The maximum absolute atomic E-state index is 13.2. The number of rotatable bonds is 4. The van der Waals surface area contributed by atoms with Gasteiger partial charge in [-0.05, 0) is 41.8 Å². The Bertz CT molecular complexity index is 893. The lowest BCUT2D eigenvalue weighted by atomic mass is 9.95. The van der Waals surface area contributed by atoms with Gasteiger partial charge in [0, 0.05) is 0 Å². The normalized spacial score (nSPS) is 13.6. The number of ether oxygens (including phenoxy) is 2. The van der Waals surface area contributed by atoms with Gasteiger partial charge in [0.05, 0.1) is 17.3 Å². The van der Waals surface area contributed by atoms with E-state index < -0.39 is 11.8 Å². The maximum atomic E-state index is 13.2. The number of anilines is 1. The van der Waals surface area contributed by atoms with Gasteiger partial charge in [-0.3, -0.25) is 0 Å². The van der Waals surface area contributed by atoms with E-state index >= 15 is 0 Å². The van der Waals surface area contributed by atoms with Crippen molar-refractivity contribution in [3.63, 3.8) is 0 Å². The Morgan fingerprint density at radius 2 is 1.89 bits per heavy atom. The highest BCUT2D eigenvalue weighted by atomic mass is 19.1. The van der Waals surface area contributed by atoms with Crippen molar-refractivity contribution in [3.05, 3.63) is 53.3 Å². The predicted octanol–water partition coefficient (Wildman–Crippen LogP) is 3.99. The van der Waals surface area contributed by atoms with Crippen LogP contribution in [-0.4, -0.2) is 19.2 Å². The Labute approximate surface area is 156 Å². The number of benzene rings is 2. The van der Waals surface area contributed by atoms with Crippen LogP contribution in [0, 0.1) is 23.1 Å². The summed E-state index contributed by atoms with van der Waals surface area (Å²) < 4.78 is 24.4. The monoisotopic (exact) mass is 369 g/mol. The third-order valence-electron chi connectivity index (χ3n) is 4.23. The molecule has 27 heavy (non-hydrogen) atoms. The summed E-state index contributed by atoms with van der Waals surface area (Å²) in [7, 11) is 0. The molecule has 0 saturated heterocycles. The molecule has 1 heterocycles. The molecule has 2 aromatic rings. The van der Waals surface area contributed by atoms with E-state index in [9.17, 15) is 9.18 Å². The highest BCUT2D eigenvalue weighted by Gasteiger charge is 2.22. The van der Waals surface area contributed by atoms with Crippen LogP contribution in [0.5, 0.6) is 11.5 Å². The first-order chi connectivity index (χ1) is 13.0. The number of hydrogen-bond acceptors (Lipinski definition) is 4. The standard InChI is InChI=1S/C20H20FN3O3/c1-12(2)19(13-3-6-17-18(10-13)27-8-7-26-17)24-20(25)23-16-5-4-15(21)9-14(16)11-22/h3-6,9-10,12,19H,7-8H2,1-2H3,(H2,23,24,25). The Hall–Kier alpha value is -3.27. The van der Waals surface area contributed by atoms with Crippen molar-refractivity contribution in [1.82, 2.24) is 5.32 Å². The number of carbonyl (C=O) groups excluding carboxylic acids is 1. The van der Waals surface area contributed by atoms with Gasteiger partial charge in [0.15, 0.2) is 11.5 Å². The minimum absolute atomic E-state index is 0.0607. The molecule has 2 amide bonds. The maximum Gasteiger partial charge on any atom is 0.319 e. The summed E-state index contributed by atoms with van der Waals surface area (Å²) in [5.41, 5.74) is 1.19. The van der Waals surface area contributed by atoms with E-state index in [1.54, 1.807) is 0 Å². The molecule has 1 atom stereocenters. The lowest BCUT2D eigenvalue weighted by Crippen LogP contribution is -2.35. The van der Waals surface area contributed by atoms with Gasteiger partial charge in [0.2, 0.25) is 0 Å². The Morgan fingerprint density at radius 1 is 1.15 bits per heavy atom. The molecule has 1 aliphatic heterocycles. The Kier molecular flexibility index (Phi) is 5.46. The molecule has 7 heteroatoms. The lowest BCUT2D eigenvalue weighted by molar-refractivity contribution is 0.171. The number of urea groups is 1. The summed E-state index contributed by atoms with van der Waals surface area (Å²) in [6.07, 6.45) is 0. The van der Waals surface area contributed by atoms with Crippen LogP contribution < -0.4 is 20.1 Å². The highest BCUT2D eigenvalue weighted by Crippen LogP contribution is 2.34. The van der Waals surface area contributed by atoms with Crippen LogP contribution in [0.3, 0.4) is 0 Å². The SMILES string of the molecule is CC(C)C(NC(=O)Nc1ccc(F)cc1C#N)c1ccc2c(c1)OCCO2. The second kappa shape index (κ2) is 7.96. The average Bonchev–Trinajstić information content (AvgIpc) is 2.67. The van der Waals surface area contributed by atoms with Crippen molar-refractivity contribution >= 4 is 11.7 Å². The van der Waals surface area contributed by atoms with Crippen molar-refractivity contribution < 1.29 is 18.7 Å². The van der Waals surface area contributed by atoms with E-state index in [4.69, 9.17) is 14.7 Å². The second-order valence-corrected chi connectivity index (χ2v) is 6.52. The van der Waals surface area contributed by atoms with Gasteiger partial charge >= 0.3 is 6.03 Å². The molecule has 0 aliphatic carbocycles. The summed E-state index contributed by atoms with van der Waals surface area (Å²) in [5.74, 6) is 0.898. The zero-order chi connectivity index (χ0) is 19.4. The number of hydrogen-bond donors (Lipinski definition) is 2. The molecule has 0 saturated carbocycles. The van der Waals surface area contributed by atoms with Crippen LogP contribution in [0.15, 0.2) is 36.4 Å². The molecule has 6 nitrogen and oxygen atoms in total. The summed E-state index contributed by atoms with van der Waals surface area (Å²) in [6, 6.07) is 10.3. The zero-order valence-electron chi connectivity index (χ0n) is 15.1. The fraction of sp³-hybridized carbons (Fsp3) is 0.300.